The molecule has 0 radical (unpaired) electrons. The predicted octanol–water partition coefficient (Wildman–Crippen LogP) is 19.9. The zero-order valence-electron chi connectivity index (χ0n) is 51.5. The minimum atomic E-state index is -0.382. The third kappa shape index (κ3) is 13.3. The Morgan fingerprint density at radius 3 is 1.07 bits per heavy atom. The Bertz CT molecular complexity index is 3780. The fraction of sp³-hybridized carbons (Fsp3) is 0.342. The van der Waals surface area contributed by atoms with Gasteiger partial charge >= 0.3 is 0 Å². The summed E-state index contributed by atoms with van der Waals surface area (Å²) in [6.45, 7) is 5.06. The van der Waals surface area contributed by atoms with Crippen molar-refractivity contribution in [2.45, 2.75) is 142 Å². The van der Waals surface area contributed by atoms with Crippen LogP contribution in [0, 0.1) is 0 Å². The number of nitrogens with zero attached hydrogens (tertiary/aromatic N) is 4. The van der Waals surface area contributed by atoms with Gasteiger partial charge in [-0.2, -0.15) is 0 Å². The molecule has 12 nitrogen and oxygen atoms in total. The molecule has 11 rings (SSSR count). The van der Waals surface area contributed by atoms with Gasteiger partial charge in [0.05, 0.1) is 36.7 Å². The third-order valence-corrected chi connectivity index (χ3v) is 17.5. The number of imide groups is 2. The van der Waals surface area contributed by atoms with Crippen LogP contribution in [0.4, 0.5) is 11.4 Å². The van der Waals surface area contributed by atoms with E-state index in [0.29, 0.717) is 126 Å². The quantitative estimate of drug-likeness (QED) is 0.0134. The molecular formula is C76H80N4O8. The second kappa shape index (κ2) is 28.7. The van der Waals surface area contributed by atoms with E-state index in [9.17, 15) is 9.59 Å². The number of unbranched alkanes of at least 4 members (excludes halogenated alkanes) is 18. The maximum Gasteiger partial charge on any atom is 0.261 e. The molecule has 0 N–H and O–H groups in total. The van der Waals surface area contributed by atoms with Crippen LogP contribution in [-0.4, -0.2) is 73.2 Å². The Hall–Kier alpha value is -8.90. The van der Waals surface area contributed by atoms with Gasteiger partial charge in [-0.3, -0.25) is 39.0 Å². The maximum absolute atomic E-state index is 15.2. The Morgan fingerprint density at radius 2 is 0.705 bits per heavy atom. The topological polar surface area (TPSA) is 136 Å². The molecule has 2 aliphatic heterocycles. The largest absolute Gasteiger partial charge is 0.497 e. The first kappa shape index (κ1) is 60.8. The number of rotatable bonds is 32. The SMILES string of the molecule is CCCCCCCCCCCCN1C(=O)c2ccc3c4c(Oc5ccc(C=Nc6cccc(OC)c6)cc5)cc5c6c(ccc(c7c(Oc8ccc(C=Nc9cccc(OC)c9)cc8)cc(c2c37)C1=O)c64)C(=O)N(CCCCCCCCCCCC)C5=O. The van der Waals surface area contributed by atoms with E-state index >= 15 is 9.59 Å². The normalized spacial score (nSPS) is 13.3. The molecule has 0 saturated carbocycles. The number of ether oxygens (including phenoxy) is 4. The van der Waals surface area contributed by atoms with Crippen molar-refractivity contribution in [3.63, 3.8) is 0 Å². The highest BCUT2D eigenvalue weighted by molar-refractivity contribution is 6.43. The Labute approximate surface area is 516 Å². The zero-order valence-corrected chi connectivity index (χ0v) is 51.5. The van der Waals surface area contributed by atoms with Crippen LogP contribution in [0.1, 0.15) is 195 Å². The summed E-state index contributed by atoms with van der Waals surface area (Å²) < 4.78 is 24.9. The van der Waals surface area contributed by atoms with Gasteiger partial charge in [0, 0.05) is 81.1 Å². The molecule has 2 aliphatic rings. The lowest BCUT2D eigenvalue weighted by Gasteiger charge is -2.31. The first-order valence-electron chi connectivity index (χ1n) is 32.1. The summed E-state index contributed by atoms with van der Waals surface area (Å²) >= 11 is 0. The average molecular weight is 1180 g/mol. The number of hydrogen-bond acceptors (Lipinski definition) is 10. The van der Waals surface area contributed by atoms with Crippen molar-refractivity contribution < 1.29 is 38.1 Å². The molecule has 0 spiro atoms. The average Bonchev–Trinajstić information content (AvgIpc) is 0.760. The van der Waals surface area contributed by atoms with Crippen molar-refractivity contribution in [2.75, 3.05) is 27.3 Å². The van der Waals surface area contributed by atoms with E-state index in [1.54, 1.807) is 38.8 Å². The highest BCUT2D eigenvalue weighted by atomic mass is 16.5. The van der Waals surface area contributed by atoms with Crippen LogP contribution in [0.3, 0.4) is 0 Å². The molecule has 0 saturated heterocycles. The van der Waals surface area contributed by atoms with Crippen molar-refractivity contribution in [1.82, 2.24) is 9.80 Å². The van der Waals surface area contributed by atoms with Gasteiger partial charge in [-0.05, 0) is 132 Å². The number of aliphatic imine (C=N–C) groups is 2. The fourth-order valence-electron chi connectivity index (χ4n) is 12.8. The van der Waals surface area contributed by atoms with Crippen LogP contribution < -0.4 is 18.9 Å². The van der Waals surface area contributed by atoms with E-state index < -0.39 is 0 Å². The van der Waals surface area contributed by atoms with Crippen molar-refractivity contribution in [2.24, 2.45) is 9.98 Å². The second-order valence-corrected chi connectivity index (χ2v) is 23.6. The van der Waals surface area contributed by atoms with E-state index in [4.69, 9.17) is 18.9 Å². The Kier molecular flexibility index (Phi) is 19.8. The van der Waals surface area contributed by atoms with Crippen LogP contribution in [0.5, 0.6) is 34.5 Å². The molecule has 0 bridgehead atoms. The summed E-state index contributed by atoms with van der Waals surface area (Å²) in [5, 5.41) is 4.97. The first-order valence-corrected chi connectivity index (χ1v) is 32.1. The van der Waals surface area contributed by atoms with Gasteiger partial charge in [0.25, 0.3) is 23.6 Å². The summed E-state index contributed by atoms with van der Waals surface area (Å²) in [4.78, 5) is 72.3. The van der Waals surface area contributed by atoms with E-state index in [1.807, 2.05) is 121 Å². The minimum absolute atomic E-state index is 0.295. The zero-order chi connectivity index (χ0) is 60.9. The van der Waals surface area contributed by atoms with Gasteiger partial charge in [0.1, 0.15) is 34.5 Å². The van der Waals surface area contributed by atoms with Gasteiger partial charge in [-0.1, -0.05) is 154 Å². The summed E-state index contributed by atoms with van der Waals surface area (Å²) in [6, 6.07) is 41.3. The molecule has 452 valence electrons. The van der Waals surface area contributed by atoms with Gasteiger partial charge in [0.2, 0.25) is 0 Å². The molecule has 0 aliphatic carbocycles. The van der Waals surface area contributed by atoms with E-state index in [1.165, 1.54) is 86.8 Å². The molecule has 0 fully saturated rings. The van der Waals surface area contributed by atoms with E-state index in [0.717, 1.165) is 61.0 Å². The van der Waals surface area contributed by atoms with Crippen molar-refractivity contribution >= 4 is 90.5 Å². The predicted molar refractivity (Wildman–Crippen MR) is 356 cm³/mol. The van der Waals surface area contributed by atoms with Crippen molar-refractivity contribution in [3.05, 3.63) is 167 Å². The number of fused-ring (bicyclic) bond motifs is 2. The fourth-order valence-corrected chi connectivity index (χ4v) is 12.8. The second-order valence-electron chi connectivity index (χ2n) is 23.6. The molecule has 88 heavy (non-hydrogen) atoms. The lowest BCUT2D eigenvalue weighted by atomic mass is 9.81. The highest BCUT2D eigenvalue weighted by Crippen LogP contribution is 2.53. The van der Waals surface area contributed by atoms with Gasteiger partial charge in [0.15, 0.2) is 0 Å². The lowest BCUT2D eigenvalue weighted by Crippen LogP contribution is -2.41. The van der Waals surface area contributed by atoms with Crippen LogP contribution in [0.2, 0.25) is 0 Å². The standard InChI is InChI=1S/C76H80N4O8/c1-5-7-9-11-13-15-17-19-21-23-43-79-73(81)61-41-39-59-70-66(88-56-37-33-52(34-38-56)50-78-54-28-26-30-58(46-54)86-4)48-64-68-62(74(82)80(76(64)84)44-24-22-20-18-16-14-12-10-8-6-2)42-40-60(72(68)70)69-65(47-63(75(79)83)67(61)71(59)69)87-55-35-31-51(32-36-55)49-77-53-27-25-29-57(45-53)85-3/h25-42,45-50H,5-24,43-44H2,1-4H3. The molecule has 0 aromatic heterocycles. The number of carbonyl (C=O) groups is 4. The maximum atomic E-state index is 15.2. The molecule has 2 heterocycles. The number of amides is 4. The molecular weight excluding hydrogens is 1100 g/mol. The molecule has 9 aromatic carbocycles. The number of benzene rings is 9. The van der Waals surface area contributed by atoms with Crippen LogP contribution >= 0.6 is 0 Å². The van der Waals surface area contributed by atoms with Gasteiger partial charge in [-0.25, -0.2) is 0 Å². The third-order valence-electron chi connectivity index (χ3n) is 17.5. The van der Waals surface area contributed by atoms with Crippen LogP contribution in [-0.2, 0) is 0 Å². The van der Waals surface area contributed by atoms with Gasteiger partial charge in [-0.15, -0.1) is 0 Å². The Morgan fingerprint density at radius 1 is 0.352 bits per heavy atom. The summed E-state index contributed by atoms with van der Waals surface area (Å²) in [6.07, 6.45) is 26.1. The van der Waals surface area contributed by atoms with E-state index in [-0.39, 0.29) is 23.6 Å². The molecule has 0 atom stereocenters. The summed E-state index contributed by atoms with van der Waals surface area (Å²) in [7, 11) is 3.25. The van der Waals surface area contributed by atoms with Crippen molar-refractivity contribution in [1.29, 1.82) is 0 Å². The van der Waals surface area contributed by atoms with Gasteiger partial charge < -0.3 is 18.9 Å². The Balaban J connectivity index is 1.00. The van der Waals surface area contributed by atoms with E-state index in [2.05, 4.69) is 23.8 Å². The molecule has 4 amide bonds. The number of hydrogen-bond donors (Lipinski definition) is 0. The molecule has 12 heteroatoms. The number of methoxy groups -OCH3 is 2. The lowest BCUT2D eigenvalue weighted by molar-refractivity contribution is 0.0592. The smallest absolute Gasteiger partial charge is 0.261 e. The number of carbonyl (C=O) groups excluding carboxylic acids is 4. The van der Waals surface area contributed by atoms with Crippen molar-refractivity contribution in [3.8, 4) is 34.5 Å². The van der Waals surface area contributed by atoms with Crippen LogP contribution in [0.15, 0.2) is 143 Å². The van der Waals surface area contributed by atoms with Crippen LogP contribution in [0.25, 0.3) is 43.1 Å². The first-order chi connectivity index (χ1) is 43.2. The molecule has 9 aromatic rings. The summed E-state index contributed by atoms with van der Waals surface area (Å²) in [5.74, 6) is 1.75. The monoisotopic (exact) mass is 1180 g/mol. The molecule has 0 unspecified atom stereocenters. The highest BCUT2D eigenvalue weighted by Gasteiger charge is 2.39. The summed E-state index contributed by atoms with van der Waals surface area (Å²) in [5.41, 5.74) is 4.71. The minimum Gasteiger partial charge on any atom is -0.497 e.